The first kappa shape index (κ1) is 24.5. The zero-order valence-corrected chi connectivity index (χ0v) is 19.9. The first-order valence-corrected chi connectivity index (χ1v) is 12.6. The number of carbonyl (C=O) groups excluding carboxylic acids is 1. The molecular weight excluding hydrogens is 467 g/mol. The van der Waals surface area contributed by atoms with E-state index in [1.807, 2.05) is 13.8 Å². The second-order valence-electron chi connectivity index (χ2n) is 6.84. The van der Waals surface area contributed by atoms with Crippen molar-refractivity contribution >= 4 is 33.0 Å². The summed E-state index contributed by atoms with van der Waals surface area (Å²) in [4.78, 5) is 12.7. The van der Waals surface area contributed by atoms with Gasteiger partial charge in [0.15, 0.2) is 11.5 Å². The van der Waals surface area contributed by atoms with Crippen LogP contribution >= 0.6 is 11.3 Å². The Morgan fingerprint density at radius 3 is 2.36 bits per heavy atom. The lowest BCUT2D eigenvalue weighted by atomic mass is 10.2. The molecule has 0 aliphatic heterocycles. The number of nitrogens with zero attached hydrogens (tertiary/aromatic N) is 1. The number of carbonyl (C=O) groups is 1. The number of halogens is 1. The fourth-order valence-electron chi connectivity index (χ4n) is 3.03. The summed E-state index contributed by atoms with van der Waals surface area (Å²) < 4.78 is 51.9. The Bertz CT molecular complexity index is 1170. The average molecular weight is 493 g/mol. The Kier molecular flexibility index (Phi) is 8.29. The Morgan fingerprint density at radius 2 is 1.73 bits per heavy atom. The van der Waals surface area contributed by atoms with Gasteiger partial charge in [-0.15, -0.1) is 11.3 Å². The number of rotatable bonds is 11. The van der Waals surface area contributed by atoms with Gasteiger partial charge in [0.05, 0.1) is 18.9 Å². The van der Waals surface area contributed by atoms with Crippen LogP contribution in [0.2, 0.25) is 0 Å². The van der Waals surface area contributed by atoms with Gasteiger partial charge in [-0.1, -0.05) is 12.1 Å². The predicted molar refractivity (Wildman–Crippen MR) is 126 cm³/mol. The number of nitrogens with one attached hydrogen (secondary N) is 1. The molecule has 0 saturated heterocycles. The van der Waals surface area contributed by atoms with E-state index in [1.165, 1.54) is 18.2 Å². The van der Waals surface area contributed by atoms with Crippen molar-refractivity contribution < 1.29 is 27.1 Å². The van der Waals surface area contributed by atoms with Crippen LogP contribution in [0, 0.1) is 5.82 Å². The fourth-order valence-corrected chi connectivity index (χ4v) is 5.56. The van der Waals surface area contributed by atoms with E-state index in [2.05, 4.69) is 5.32 Å². The van der Waals surface area contributed by atoms with Crippen molar-refractivity contribution in [3.05, 3.63) is 71.4 Å². The third-order valence-corrected chi connectivity index (χ3v) is 7.69. The van der Waals surface area contributed by atoms with Crippen LogP contribution in [0.5, 0.6) is 11.5 Å². The third-order valence-electron chi connectivity index (χ3n) is 4.54. The molecule has 0 aliphatic carbocycles. The van der Waals surface area contributed by atoms with Crippen LogP contribution in [0.15, 0.2) is 64.2 Å². The molecule has 3 aromatic rings. The van der Waals surface area contributed by atoms with Gasteiger partial charge in [-0.25, -0.2) is 12.8 Å². The summed E-state index contributed by atoms with van der Waals surface area (Å²) in [6.45, 7) is 4.41. The van der Waals surface area contributed by atoms with Crippen LogP contribution in [0.3, 0.4) is 0 Å². The van der Waals surface area contributed by atoms with Crippen molar-refractivity contribution in [2.24, 2.45) is 0 Å². The minimum absolute atomic E-state index is 0.0903. The number of anilines is 1. The number of sulfonamides is 1. The van der Waals surface area contributed by atoms with Gasteiger partial charge < -0.3 is 14.8 Å². The second kappa shape index (κ2) is 11.2. The summed E-state index contributed by atoms with van der Waals surface area (Å²) >= 11 is 1.04. The average Bonchev–Trinajstić information content (AvgIpc) is 3.35. The molecule has 176 valence electrons. The van der Waals surface area contributed by atoms with Crippen LogP contribution in [-0.4, -0.2) is 34.1 Å². The molecule has 1 N–H and O–H groups in total. The SMILES string of the molecule is CCOc1ccc(CNC(=O)CN(c2ccc(F)cc2)S(=O)(=O)c2cccs2)cc1OCC. The van der Waals surface area contributed by atoms with E-state index in [0.717, 1.165) is 33.3 Å². The molecule has 2 aromatic carbocycles. The zero-order chi connectivity index (χ0) is 23.8. The standard InChI is InChI=1S/C23H25FN2O5S2/c1-3-30-20-12-7-17(14-21(20)31-4-2)15-25-22(27)16-26(19-10-8-18(24)9-11-19)33(28,29)23-6-5-13-32-23/h5-14H,3-4,15-16H2,1-2H3,(H,25,27). The molecule has 1 amide bonds. The largest absolute Gasteiger partial charge is 0.490 e. The van der Waals surface area contributed by atoms with Crippen molar-refractivity contribution in [3.63, 3.8) is 0 Å². The highest BCUT2D eigenvalue weighted by Gasteiger charge is 2.28. The van der Waals surface area contributed by atoms with E-state index in [0.29, 0.717) is 24.7 Å². The number of hydrogen-bond acceptors (Lipinski definition) is 6. The fraction of sp³-hybridized carbons (Fsp3) is 0.261. The third kappa shape index (κ3) is 6.23. The first-order chi connectivity index (χ1) is 15.8. The molecule has 7 nitrogen and oxygen atoms in total. The van der Waals surface area contributed by atoms with Crippen molar-refractivity contribution in [2.45, 2.75) is 24.6 Å². The van der Waals surface area contributed by atoms with Gasteiger partial charge in [-0.05, 0) is 67.3 Å². The van der Waals surface area contributed by atoms with E-state index in [4.69, 9.17) is 9.47 Å². The van der Waals surface area contributed by atoms with Crippen LogP contribution < -0.4 is 19.1 Å². The number of ether oxygens (including phenoxy) is 2. The van der Waals surface area contributed by atoms with Crippen molar-refractivity contribution in [3.8, 4) is 11.5 Å². The molecule has 3 rings (SSSR count). The van der Waals surface area contributed by atoms with Crippen LogP contribution in [-0.2, 0) is 21.4 Å². The van der Waals surface area contributed by atoms with E-state index in [-0.39, 0.29) is 16.4 Å². The predicted octanol–water partition coefficient (Wildman–Crippen LogP) is 4.20. The molecular formula is C23H25FN2O5S2. The van der Waals surface area contributed by atoms with Gasteiger partial charge in [0, 0.05) is 6.54 Å². The van der Waals surface area contributed by atoms with Gasteiger partial charge in [0.1, 0.15) is 16.6 Å². The summed E-state index contributed by atoms with van der Waals surface area (Å²) in [6.07, 6.45) is 0. The molecule has 10 heteroatoms. The maximum atomic E-state index is 13.4. The quantitative estimate of drug-likeness (QED) is 0.434. The van der Waals surface area contributed by atoms with Crippen LogP contribution in [0.25, 0.3) is 0 Å². The van der Waals surface area contributed by atoms with Crippen LogP contribution in [0.4, 0.5) is 10.1 Å². The van der Waals surface area contributed by atoms with E-state index < -0.39 is 28.3 Å². The Labute approximate surface area is 196 Å². The highest BCUT2D eigenvalue weighted by molar-refractivity contribution is 7.94. The summed E-state index contributed by atoms with van der Waals surface area (Å²) in [5.41, 5.74) is 0.962. The van der Waals surface area contributed by atoms with E-state index in [9.17, 15) is 17.6 Å². The molecule has 0 atom stereocenters. The lowest BCUT2D eigenvalue weighted by Crippen LogP contribution is -2.40. The van der Waals surface area contributed by atoms with E-state index in [1.54, 1.807) is 29.6 Å². The number of benzene rings is 2. The van der Waals surface area contributed by atoms with Crippen molar-refractivity contribution in [1.82, 2.24) is 5.32 Å². The monoisotopic (exact) mass is 492 g/mol. The molecule has 0 spiro atoms. The van der Waals surface area contributed by atoms with Gasteiger partial charge in [-0.2, -0.15) is 0 Å². The number of thiophene rings is 1. The summed E-state index contributed by atoms with van der Waals surface area (Å²) in [7, 11) is -4.00. The summed E-state index contributed by atoms with van der Waals surface area (Å²) in [6, 6.07) is 13.4. The molecule has 1 heterocycles. The Balaban J connectivity index is 1.76. The molecule has 1 aromatic heterocycles. The minimum atomic E-state index is -4.00. The second-order valence-corrected chi connectivity index (χ2v) is 9.88. The van der Waals surface area contributed by atoms with Gasteiger partial charge in [0.25, 0.3) is 10.0 Å². The van der Waals surface area contributed by atoms with Crippen molar-refractivity contribution in [2.75, 3.05) is 24.1 Å². The van der Waals surface area contributed by atoms with Gasteiger partial charge in [-0.3, -0.25) is 9.10 Å². The zero-order valence-electron chi connectivity index (χ0n) is 18.3. The molecule has 0 unspecified atom stereocenters. The first-order valence-electron chi connectivity index (χ1n) is 10.3. The topological polar surface area (TPSA) is 84.9 Å². The maximum absolute atomic E-state index is 13.4. The minimum Gasteiger partial charge on any atom is -0.490 e. The molecule has 0 aliphatic rings. The maximum Gasteiger partial charge on any atom is 0.274 e. The van der Waals surface area contributed by atoms with Crippen LogP contribution in [0.1, 0.15) is 19.4 Å². The van der Waals surface area contributed by atoms with E-state index >= 15 is 0 Å². The normalized spacial score (nSPS) is 11.1. The highest BCUT2D eigenvalue weighted by atomic mass is 32.2. The number of amides is 1. The smallest absolute Gasteiger partial charge is 0.274 e. The molecule has 0 fully saturated rings. The van der Waals surface area contributed by atoms with Crippen molar-refractivity contribution in [1.29, 1.82) is 0 Å². The Morgan fingerprint density at radius 1 is 1.03 bits per heavy atom. The lowest BCUT2D eigenvalue weighted by Gasteiger charge is -2.23. The molecule has 33 heavy (non-hydrogen) atoms. The lowest BCUT2D eigenvalue weighted by molar-refractivity contribution is -0.119. The molecule has 0 radical (unpaired) electrons. The molecule has 0 saturated carbocycles. The van der Waals surface area contributed by atoms with Gasteiger partial charge in [0.2, 0.25) is 5.91 Å². The summed E-state index contributed by atoms with van der Waals surface area (Å²) in [5.74, 6) is 0.168. The van der Waals surface area contributed by atoms with Gasteiger partial charge >= 0.3 is 0 Å². The highest BCUT2D eigenvalue weighted by Crippen LogP contribution is 2.29. The number of hydrogen-bond donors (Lipinski definition) is 1. The Hall–Kier alpha value is -3.11. The summed E-state index contributed by atoms with van der Waals surface area (Å²) in [5, 5.41) is 4.37. The molecule has 0 bridgehead atoms.